The summed E-state index contributed by atoms with van der Waals surface area (Å²) in [6.45, 7) is 6.10. The molecular formula is C21H26N4O3. The zero-order chi connectivity index (χ0) is 19.8. The summed E-state index contributed by atoms with van der Waals surface area (Å²) in [5.41, 5.74) is 1.61. The molecule has 0 bridgehead atoms. The van der Waals surface area contributed by atoms with E-state index in [1.54, 1.807) is 29.3 Å². The highest BCUT2D eigenvalue weighted by Crippen LogP contribution is 2.17. The van der Waals surface area contributed by atoms with E-state index in [9.17, 15) is 9.59 Å². The second-order valence-electron chi connectivity index (χ2n) is 6.63. The van der Waals surface area contributed by atoms with Crippen LogP contribution in [0, 0.1) is 0 Å². The summed E-state index contributed by atoms with van der Waals surface area (Å²) < 4.78 is 5.48. The molecule has 2 heterocycles. The highest BCUT2D eigenvalue weighted by atomic mass is 16.5. The minimum absolute atomic E-state index is 0.0120. The molecule has 1 aliphatic rings. The molecule has 1 aromatic carbocycles. The van der Waals surface area contributed by atoms with Gasteiger partial charge in [-0.2, -0.15) is 0 Å². The van der Waals surface area contributed by atoms with Gasteiger partial charge in [0.05, 0.1) is 18.7 Å². The number of carbonyl (C=O) groups is 2. The molecule has 148 valence electrons. The first-order valence-corrected chi connectivity index (χ1v) is 9.56. The Morgan fingerprint density at radius 1 is 1.11 bits per heavy atom. The van der Waals surface area contributed by atoms with Gasteiger partial charge in [0.1, 0.15) is 5.75 Å². The standard InChI is InChI=1S/C21H26N4O3/c1-2-28-19-8-4-3-7-18(19)21(27)23-15-20(26)25-12-10-24(11-13-25)16-17-6-5-9-22-14-17/h3-9,14H,2,10-13,15-16H2,1H3,(H,23,27). The van der Waals surface area contributed by atoms with Gasteiger partial charge in [-0.1, -0.05) is 18.2 Å². The minimum Gasteiger partial charge on any atom is -0.493 e. The molecule has 2 aromatic rings. The highest BCUT2D eigenvalue weighted by Gasteiger charge is 2.22. The number of aromatic nitrogens is 1. The third-order valence-corrected chi connectivity index (χ3v) is 4.69. The van der Waals surface area contributed by atoms with Crippen LogP contribution in [0.25, 0.3) is 0 Å². The first kappa shape index (κ1) is 19.8. The summed E-state index contributed by atoms with van der Waals surface area (Å²) in [5.74, 6) is 0.162. The zero-order valence-corrected chi connectivity index (χ0v) is 16.1. The molecule has 7 nitrogen and oxygen atoms in total. The largest absolute Gasteiger partial charge is 0.493 e. The van der Waals surface area contributed by atoms with E-state index in [0.29, 0.717) is 31.0 Å². The van der Waals surface area contributed by atoms with Gasteiger partial charge < -0.3 is 15.0 Å². The van der Waals surface area contributed by atoms with E-state index in [-0.39, 0.29) is 18.4 Å². The Kier molecular flexibility index (Phi) is 6.97. The van der Waals surface area contributed by atoms with Gasteiger partial charge in [-0.25, -0.2) is 0 Å². The quantitative estimate of drug-likeness (QED) is 0.787. The SMILES string of the molecule is CCOc1ccccc1C(=O)NCC(=O)N1CCN(Cc2cccnc2)CC1. The third kappa shape index (κ3) is 5.29. The highest BCUT2D eigenvalue weighted by molar-refractivity contribution is 5.98. The molecule has 0 spiro atoms. The summed E-state index contributed by atoms with van der Waals surface area (Å²) >= 11 is 0. The number of hydrogen-bond donors (Lipinski definition) is 1. The molecule has 0 atom stereocenters. The van der Waals surface area contributed by atoms with Crippen molar-refractivity contribution in [3.63, 3.8) is 0 Å². The Morgan fingerprint density at radius 2 is 1.89 bits per heavy atom. The number of hydrogen-bond acceptors (Lipinski definition) is 5. The molecule has 2 amide bonds. The van der Waals surface area contributed by atoms with Crippen molar-refractivity contribution in [1.82, 2.24) is 20.1 Å². The van der Waals surface area contributed by atoms with Gasteiger partial charge >= 0.3 is 0 Å². The summed E-state index contributed by atoms with van der Waals surface area (Å²) in [6, 6.07) is 11.0. The van der Waals surface area contributed by atoms with Crippen LogP contribution in [0.4, 0.5) is 0 Å². The first-order valence-electron chi connectivity index (χ1n) is 9.56. The van der Waals surface area contributed by atoms with E-state index in [1.165, 1.54) is 5.56 Å². The van der Waals surface area contributed by atoms with Gasteiger partial charge in [-0.15, -0.1) is 0 Å². The normalized spacial score (nSPS) is 14.5. The number of carbonyl (C=O) groups excluding carboxylic acids is 2. The van der Waals surface area contributed by atoms with Gasteiger partial charge in [-0.05, 0) is 30.7 Å². The molecule has 0 radical (unpaired) electrons. The maximum Gasteiger partial charge on any atom is 0.255 e. The Hall–Kier alpha value is -2.93. The number of piperazine rings is 1. The van der Waals surface area contributed by atoms with Crippen molar-refractivity contribution >= 4 is 11.8 Å². The van der Waals surface area contributed by atoms with E-state index in [2.05, 4.69) is 21.3 Å². The molecule has 0 aliphatic carbocycles. The van der Waals surface area contributed by atoms with Crippen molar-refractivity contribution in [3.05, 3.63) is 59.9 Å². The van der Waals surface area contributed by atoms with E-state index in [1.807, 2.05) is 25.3 Å². The van der Waals surface area contributed by atoms with Crippen molar-refractivity contribution in [2.45, 2.75) is 13.5 Å². The fraction of sp³-hybridized carbons (Fsp3) is 0.381. The Bertz CT molecular complexity index is 789. The predicted molar refractivity (Wildman–Crippen MR) is 106 cm³/mol. The smallest absolute Gasteiger partial charge is 0.255 e. The summed E-state index contributed by atoms with van der Waals surface area (Å²) in [5, 5.41) is 2.71. The number of nitrogens with one attached hydrogen (secondary N) is 1. The number of para-hydroxylation sites is 1. The molecule has 1 fully saturated rings. The van der Waals surface area contributed by atoms with Gasteiger partial charge in [0, 0.05) is 45.1 Å². The van der Waals surface area contributed by atoms with Crippen LogP contribution in [-0.4, -0.2) is 65.9 Å². The number of nitrogens with zero attached hydrogens (tertiary/aromatic N) is 3. The van der Waals surface area contributed by atoms with Crippen LogP contribution in [0.15, 0.2) is 48.8 Å². The molecule has 1 saturated heterocycles. The molecule has 3 rings (SSSR count). The van der Waals surface area contributed by atoms with Crippen molar-refractivity contribution in [2.24, 2.45) is 0 Å². The fourth-order valence-electron chi connectivity index (χ4n) is 3.20. The van der Waals surface area contributed by atoms with Crippen LogP contribution in [0.2, 0.25) is 0 Å². The number of ether oxygens (including phenoxy) is 1. The molecule has 1 aromatic heterocycles. The molecule has 0 saturated carbocycles. The number of benzene rings is 1. The lowest BCUT2D eigenvalue weighted by atomic mass is 10.2. The van der Waals surface area contributed by atoms with Crippen LogP contribution in [0.3, 0.4) is 0 Å². The zero-order valence-electron chi connectivity index (χ0n) is 16.1. The average molecular weight is 382 g/mol. The Labute approximate surface area is 165 Å². The average Bonchev–Trinajstić information content (AvgIpc) is 2.74. The van der Waals surface area contributed by atoms with Crippen molar-refractivity contribution in [1.29, 1.82) is 0 Å². The van der Waals surface area contributed by atoms with E-state index in [0.717, 1.165) is 19.6 Å². The Balaban J connectivity index is 1.45. The van der Waals surface area contributed by atoms with Gasteiger partial charge in [0.25, 0.3) is 5.91 Å². The van der Waals surface area contributed by atoms with Crippen molar-refractivity contribution in [3.8, 4) is 5.75 Å². The maximum absolute atomic E-state index is 12.5. The second kappa shape index (κ2) is 9.85. The van der Waals surface area contributed by atoms with Crippen LogP contribution in [0.1, 0.15) is 22.8 Å². The minimum atomic E-state index is -0.299. The third-order valence-electron chi connectivity index (χ3n) is 4.69. The van der Waals surface area contributed by atoms with Gasteiger partial charge in [0.2, 0.25) is 5.91 Å². The van der Waals surface area contributed by atoms with Gasteiger partial charge in [-0.3, -0.25) is 19.5 Å². The van der Waals surface area contributed by atoms with Crippen LogP contribution < -0.4 is 10.1 Å². The number of pyridine rings is 1. The van der Waals surface area contributed by atoms with E-state index < -0.39 is 0 Å². The van der Waals surface area contributed by atoms with E-state index >= 15 is 0 Å². The summed E-state index contributed by atoms with van der Waals surface area (Å²) in [7, 11) is 0. The van der Waals surface area contributed by atoms with Crippen LogP contribution >= 0.6 is 0 Å². The first-order chi connectivity index (χ1) is 13.7. The van der Waals surface area contributed by atoms with E-state index in [4.69, 9.17) is 4.74 Å². The van der Waals surface area contributed by atoms with Gasteiger partial charge in [0.15, 0.2) is 0 Å². The molecule has 28 heavy (non-hydrogen) atoms. The van der Waals surface area contributed by atoms with Crippen molar-refractivity contribution < 1.29 is 14.3 Å². The monoisotopic (exact) mass is 382 g/mol. The molecule has 7 heteroatoms. The molecular weight excluding hydrogens is 356 g/mol. The van der Waals surface area contributed by atoms with Crippen LogP contribution in [-0.2, 0) is 11.3 Å². The topological polar surface area (TPSA) is 74.8 Å². The predicted octanol–water partition coefficient (Wildman–Crippen LogP) is 1.55. The number of amides is 2. The summed E-state index contributed by atoms with van der Waals surface area (Å²) in [6.07, 6.45) is 3.63. The Morgan fingerprint density at radius 3 is 2.61 bits per heavy atom. The lowest BCUT2D eigenvalue weighted by molar-refractivity contribution is -0.131. The molecule has 1 aliphatic heterocycles. The lowest BCUT2D eigenvalue weighted by Crippen LogP contribution is -2.50. The number of rotatable bonds is 7. The van der Waals surface area contributed by atoms with Crippen molar-refractivity contribution in [2.75, 3.05) is 39.3 Å². The summed E-state index contributed by atoms with van der Waals surface area (Å²) in [4.78, 5) is 33.1. The van der Waals surface area contributed by atoms with Crippen LogP contribution in [0.5, 0.6) is 5.75 Å². The molecule has 1 N–H and O–H groups in total. The molecule has 0 unspecified atom stereocenters. The fourth-order valence-corrected chi connectivity index (χ4v) is 3.20. The maximum atomic E-state index is 12.5. The second-order valence-corrected chi connectivity index (χ2v) is 6.63. The lowest BCUT2D eigenvalue weighted by Gasteiger charge is -2.34.